The average Bonchev–Trinajstić information content (AvgIpc) is 3.61. The molecular formula is C26H24N6+2. The minimum absolute atomic E-state index is 1.05. The van der Waals surface area contributed by atoms with Crippen molar-refractivity contribution in [1.29, 1.82) is 0 Å². The molecule has 0 saturated carbocycles. The Kier molecular flexibility index (Phi) is 4.11. The summed E-state index contributed by atoms with van der Waals surface area (Å²) in [5, 5.41) is 0. The van der Waals surface area contributed by atoms with E-state index in [2.05, 4.69) is 117 Å². The van der Waals surface area contributed by atoms with Crippen LogP contribution in [-0.2, 0) is 0 Å². The third-order valence-corrected chi connectivity index (χ3v) is 5.86. The normalized spacial score (nSPS) is 17.4. The highest BCUT2D eigenvalue weighted by molar-refractivity contribution is 6.06. The van der Waals surface area contributed by atoms with E-state index in [1.165, 1.54) is 0 Å². The van der Waals surface area contributed by atoms with Gasteiger partial charge in [-0.1, -0.05) is 0 Å². The molecule has 0 saturated heterocycles. The van der Waals surface area contributed by atoms with Gasteiger partial charge in [0.2, 0.25) is 11.4 Å². The van der Waals surface area contributed by atoms with Crippen LogP contribution in [0.25, 0.3) is 22.8 Å². The first-order valence-electron chi connectivity index (χ1n) is 10.7. The number of hydrogen-bond donors (Lipinski definition) is 6. The predicted molar refractivity (Wildman–Crippen MR) is 126 cm³/mol. The molecule has 6 heterocycles. The molecule has 0 radical (unpaired) electrons. The van der Waals surface area contributed by atoms with E-state index in [9.17, 15) is 0 Å². The molecule has 6 N–H and O–H groups in total. The summed E-state index contributed by atoms with van der Waals surface area (Å²) < 4.78 is 0. The predicted octanol–water partition coefficient (Wildman–Crippen LogP) is 1.74. The number of nitrogens with one attached hydrogen (secondary N) is 6. The van der Waals surface area contributed by atoms with E-state index in [1.807, 2.05) is 0 Å². The SMILES string of the molecule is Cc1ccc(C2=[NH+]/C(=C3\C=CC(c4ccc(-c5ccc(-c6ccc(C)[nH]6)[nH]5)[nH]4)=[NH+]3)C=C2)[nH]1. The second-order valence-electron chi connectivity index (χ2n) is 8.25. The summed E-state index contributed by atoms with van der Waals surface area (Å²) in [6.45, 7) is 4.12. The van der Waals surface area contributed by atoms with Gasteiger partial charge in [0.25, 0.3) is 11.4 Å². The maximum atomic E-state index is 3.53. The first-order chi connectivity index (χ1) is 15.6. The average molecular weight is 421 g/mol. The highest BCUT2D eigenvalue weighted by Gasteiger charge is 2.26. The molecule has 6 nitrogen and oxygen atoms in total. The Morgan fingerprint density at radius 1 is 0.438 bits per heavy atom. The smallest absolute Gasteiger partial charge is 0.276 e. The minimum atomic E-state index is 1.05. The third-order valence-electron chi connectivity index (χ3n) is 5.86. The summed E-state index contributed by atoms with van der Waals surface area (Å²) >= 11 is 0. The van der Waals surface area contributed by atoms with E-state index >= 15 is 0 Å². The molecule has 6 heteroatoms. The number of hydrogen-bond acceptors (Lipinski definition) is 0. The molecule has 6 rings (SSSR count). The monoisotopic (exact) mass is 420 g/mol. The van der Waals surface area contributed by atoms with Crippen LogP contribution in [0.4, 0.5) is 0 Å². The van der Waals surface area contributed by atoms with E-state index in [4.69, 9.17) is 0 Å². The maximum Gasteiger partial charge on any atom is 0.276 e. The van der Waals surface area contributed by atoms with Crippen molar-refractivity contribution in [2.24, 2.45) is 0 Å². The molecule has 0 atom stereocenters. The zero-order chi connectivity index (χ0) is 21.7. The second-order valence-corrected chi connectivity index (χ2v) is 8.25. The van der Waals surface area contributed by atoms with Gasteiger partial charge in [0.15, 0.2) is 0 Å². The van der Waals surface area contributed by atoms with Crippen molar-refractivity contribution >= 4 is 11.4 Å². The Bertz CT molecular complexity index is 1490. The Labute approximate surface area is 185 Å². The van der Waals surface area contributed by atoms with Gasteiger partial charge in [0.1, 0.15) is 11.4 Å². The van der Waals surface area contributed by atoms with Crippen LogP contribution in [0.1, 0.15) is 22.8 Å². The highest BCUT2D eigenvalue weighted by atomic mass is 14.9. The quantitative estimate of drug-likeness (QED) is 0.290. The molecule has 0 bridgehead atoms. The third kappa shape index (κ3) is 3.22. The van der Waals surface area contributed by atoms with Crippen molar-refractivity contribution in [1.82, 2.24) is 19.9 Å². The lowest BCUT2D eigenvalue weighted by atomic mass is 10.2. The van der Waals surface area contributed by atoms with Crippen LogP contribution in [0.2, 0.25) is 0 Å². The largest absolute Gasteiger partial charge is 0.357 e. The van der Waals surface area contributed by atoms with Crippen molar-refractivity contribution in [3.05, 3.63) is 107 Å². The zero-order valence-electron chi connectivity index (χ0n) is 17.9. The molecule has 2 aliphatic heterocycles. The lowest BCUT2D eigenvalue weighted by Gasteiger charge is -1.95. The van der Waals surface area contributed by atoms with Gasteiger partial charge < -0.3 is 19.9 Å². The van der Waals surface area contributed by atoms with Crippen LogP contribution < -0.4 is 9.98 Å². The summed E-state index contributed by atoms with van der Waals surface area (Å²) in [6, 6.07) is 16.8. The number of aryl methyl sites for hydroxylation is 2. The summed E-state index contributed by atoms with van der Waals surface area (Å²) in [4.78, 5) is 20.8. The van der Waals surface area contributed by atoms with E-state index < -0.39 is 0 Å². The number of aromatic amines is 4. The van der Waals surface area contributed by atoms with Gasteiger partial charge in [-0.2, -0.15) is 9.98 Å². The van der Waals surface area contributed by atoms with Crippen LogP contribution >= 0.6 is 0 Å². The standard InChI is InChI=1S/C26H22N6/c1-15-3-5-17(27-15)19-7-9-21(29-19)23-11-13-25(31-23)26-14-12-24(32-26)22-10-8-20(30-22)18-6-4-16(2)28-18/h3-14,27-29,31H,1-2H3/p+2/b24-22+. The van der Waals surface area contributed by atoms with Crippen LogP contribution in [0.5, 0.6) is 0 Å². The summed E-state index contributed by atoms with van der Waals surface area (Å²) in [5.74, 6) is 0. The van der Waals surface area contributed by atoms with Crippen molar-refractivity contribution in [3.63, 3.8) is 0 Å². The van der Waals surface area contributed by atoms with Gasteiger partial charge in [0, 0.05) is 35.7 Å². The Morgan fingerprint density at radius 3 is 1.31 bits per heavy atom. The molecular weight excluding hydrogens is 396 g/mol. The molecule has 0 aliphatic carbocycles. The molecule has 0 fully saturated rings. The molecule has 2 aliphatic rings. The van der Waals surface area contributed by atoms with E-state index in [0.717, 1.165) is 68.4 Å². The van der Waals surface area contributed by atoms with Crippen LogP contribution in [0.3, 0.4) is 0 Å². The summed E-state index contributed by atoms with van der Waals surface area (Å²) in [6.07, 6.45) is 8.41. The second kappa shape index (κ2) is 7.13. The Balaban J connectivity index is 1.25. The number of allylic oxidation sites excluding steroid dienone is 4. The summed E-state index contributed by atoms with van der Waals surface area (Å²) in [5.41, 5.74) is 12.9. The van der Waals surface area contributed by atoms with E-state index in [0.29, 0.717) is 0 Å². The fraction of sp³-hybridized carbons (Fsp3) is 0.0769. The van der Waals surface area contributed by atoms with Crippen LogP contribution in [-0.4, -0.2) is 31.4 Å². The lowest BCUT2D eigenvalue weighted by molar-refractivity contribution is -0.434. The number of aromatic nitrogens is 4. The molecule has 0 spiro atoms. The first-order valence-corrected chi connectivity index (χ1v) is 10.7. The zero-order valence-corrected chi connectivity index (χ0v) is 17.9. The molecule has 32 heavy (non-hydrogen) atoms. The van der Waals surface area contributed by atoms with Crippen molar-refractivity contribution in [2.75, 3.05) is 0 Å². The Hall–Kier alpha value is -4.32. The van der Waals surface area contributed by atoms with Gasteiger partial charge >= 0.3 is 0 Å². The fourth-order valence-electron chi connectivity index (χ4n) is 4.16. The number of rotatable bonds is 4. The molecule has 4 aromatic heterocycles. The topological polar surface area (TPSA) is 91.1 Å². The maximum absolute atomic E-state index is 3.53. The van der Waals surface area contributed by atoms with Gasteiger partial charge in [-0.05, 0) is 62.4 Å². The Morgan fingerprint density at radius 2 is 0.812 bits per heavy atom. The van der Waals surface area contributed by atoms with Crippen molar-refractivity contribution < 1.29 is 9.98 Å². The molecule has 0 unspecified atom stereocenters. The van der Waals surface area contributed by atoms with Gasteiger partial charge in [-0.25, -0.2) is 0 Å². The fourth-order valence-corrected chi connectivity index (χ4v) is 4.16. The van der Waals surface area contributed by atoms with Crippen LogP contribution in [0.15, 0.2) is 84.2 Å². The van der Waals surface area contributed by atoms with Crippen molar-refractivity contribution in [3.8, 4) is 22.8 Å². The minimum Gasteiger partial charge on any atom is -0.357 e. The van der Waals surface area contributed by atoms with E-state index in [1.54, 1.807) is 0 Å². The molecule has 0 amide bonds. The molecule has 4 aromatic rings. The molecule has 156 valence electrons. The van der Waals surface area contributed by atoms with Gasteiger partial charge in [-0.3, -0.25) is 0 Å². The van der Waals surface area contributed by atoms with E-state index in [-0.39, 0.29) is 0 Å². The summed E-state index contributed by atoms with van der Waals surface area (Å²) in [7, 11) is 0. The van der Waals surface area contributed by atoms with Gasteiger partial charge in [-0.15, -0.1) is 0 Å². The molecule has 0 aromatic carbocycles. The highest BCUT2D eigenvalue weighted by Crippen LogP contribution is 2.24. The lowest BCUT2D eigenvalue weighted by Crippen LogP contribution is -2.75. The number of H-pyrrole nitrogens is 4. The van der Waals surface area contributed by atoms with Gasteiger partial charge in [0.05, 0.1) is 22.8 Å². The first kappa shape index (κ1) is 18.4. The van der Waals surface area contributed by atoms with Crippen molar-refractivity contribution in [2.45, 2.75) is 13.8 Å². The van der Waals surface area contributed by atoms with Crippen LogP contribution in [0, 0.1) is 13.8 Å².